The molecule has 4 rings (SSSR count). The van der Waals surface area contributed by atoms with Crippen LogP contribution in [0.2, 0.25) is 0 Å². The van der Waals surface area contributed by atoms with E-state index >= 15 is 0 Å². The lowest BCUT2D eigenvalue weighted by molar-refractivity contribution is -0.274. The zero-order valence-electron chi connectivity index (χ0n) is 18.1. The second-order valence-electron chi connectivity index (χ2n) is 7.84. The standard InChI is InChI=1S/C24H22F3N3O4/c25-24(26,27)34-19-10-8-17(9-11-19)21(31)28-14-16-4-6-18(7-5-16)22-29-20(15-33-22)23(32)30-12-2-1-3-13-30/h4-11,15H,1-3,12-14H2,(H,28,31). The van der Waals surface area contributed by atoms with Gasteiger partial charge in [-0.3, -0.25) is 9.59 Å². The fraction of sp³-hybridized carbons (Fsp3) is 0.292. The van der Waals surface area contributed by atoms with Crippen molar-refractivity contribution in [2.45, 2.75) is 32.2 Å². The highest BCUT2D eigenvalue weighted by atomic mass is 19.4. The number of carbonyl (C=O) groups excluding carboxylic acids is 2. The van der Waals surface area contributed by atoms with Crippen LogP contribution >= 0.6 is 0 Å². The summed E-state index contributed by atoms with van der Waals surface area (Å²) in [5.74, 6) is -0.632. The van der Waals surface area contributed by atoms with E-state index in [1.165, 1.54) is 18.4 Å². The number of halogens is 3. The molecule has 2 amide bonds. The van der Waals surface area contributed by atoms with Gasteiger partial charge in [-0.2, -0.15) is 0 Å². The number of carbonyl (C=O) groups is 2. The molecule has 1 fully saturated rings. The zero-order chi connectivity index (χ0) is 24.1. The summed E-state index contributed by atoms with van der Waals surface area (Å²) in [5.41, 5.74) is 1.97. The average Bonchev–Trinajstić information content (AvgIpc) is 3.33. The van der Waals surface area contributed by atoms with E-state index in [1.54, 1.807) is 29.2 Å². The smallest absolute Gasteiger partial charge is 0.444 e. The lowest BCUT2D eigenvalue weighted by Gasteiger charge is -2.25. The molecule has 0 spiro atoms. The molecule has 1 aromatic heterocycles. The molecule has 34 heavy (non-hydrogen) atoms. The van der Waals surface area contributed by atoms with E-state index in [2.05, 4.69) is 15.0 Å². The van der Waals surface area contributed by atoms with E-state index < -0.39 is 18.0 Å². The van der Waals surface area contributed by atoms with Crippen LogP contribution in [0.4, 0.5) is 13.2 Å². The van der Waals surface area contributed by atoms with Gasteiger partial charge in [0.15, 0.2) is 5.69 Å². The van der Waals surface area contributed by atoms with E-state index in [9.17, 15) is 22.8 Å². The number of nitrogens with zero attached hydrogens (tertiary/aromatic N) is 2. The van der Waals surface area contributed by atoms with E-state index in [-0.39, 0.29) is 23.7 Å². The van der Waals surface area contributed by atoms with Crippen molar-refractivity contribution in [2.75, 3.05) is 13.1 Å². The lowest BCUT2D eigenvalue weighted by Crippen LogP contribution is -2.35. The van der Waals surface area contributed by atoms with Crippen LogP contribution in [0.3, 0.4) is 0 Å². The van der Waals surface area contributed by atoms with Crippen LogP contribution in [0.1, 0.15) is 45.7 Å². The first-order chi connectivity index (χ1) is 16.3. The number of oxazole rings is 1. The Morgan fingerprint density at radius 2 is 1.68 bits per heavy atom. The van der Waals surface area contributed by atoms with Gasteiger partial charge in [0.25, 0.3) is 11.8 Å². The van der Waals surface area contributed by atoms with E-state index in [0.29, 0.717) is 11.5 Å². The quantitative estimate of drug-likeness (QED) is 0.556. The number of rotatable bonds is 6. The largest absolute Gasteiger partial charge is 0.573 e. The normalized spacial score (nSPS) is 14.0. The zero-order valence-corrected chi connectivity index (χ0v) is 18.1. The van der Waals surface area contributed by atoms with Crippen molar-refractivity contribution >= 4 is 11.8 Å². The minimum Gasteiger partial charge on any atom is -0.444 e. The molecule has 0 atom stereocenters. The molecule has 0 saturated carbocycles. The average molecular weight is 473 g/mol. The van der Waals surface area contributed by atoms with Crippen molar-refractivity contribution in [3.8, 4) is 17.2 Å². The number of alkyl halides is 3. The number of ether oxygens (including phenoxy) is 1. The predicted octanol–water partition coefficient (Wildman–Crippen LogP) is 4.80. The molecule has 10 heteroatoms. The van der Waals surface area contributed by atoms with Gasteiger partial charge in [-0.15, -0.1) is 13.2 Å². The van der Waals surface area contributed by atoms with Gasteiger partial charge in [0, 0.05) is 30.8 Å². The molecular formula is C24H22F3N3O4. The van der Waals surface area contributed by atoms with E-state index in [1.807, 2.05) is 0 Å². The Bertz CT molecular complexity index is 1140. The number of aromatic nitrogens is 1. The van der Waals surface area contributed by atoms with Gasteiger partial charge in [0.1, 0.15) is 12.0 Å². The maximum atomic E-state index is 12.6. The third kappa shape index (κ3) is 5.94. The van der Waals surface area contributed by atoms with Gasteiger partial charge in [-0.05, 0) is 61.2 Å². The molecule has 2 heterocycles. The van der Waals surface area contributed by atoms with E-state index in [4.69, 9.17) is 4.42 Å². The van der Waals surface area contributed by atoms with Crippen molar-refractivity contribution in [3.63, 3.8) is 0 Å². The van der Waals surface area contributed by atoms with Crippen LogP contribution in [0, 0.1) is 0 Å². The Kier molecular flexibility index (Phi) is 6.85. The molecule has 2 aromatic carbocycles. The maximum Gasteiger partial charge on any atom is 0.573 e. The van der Waals surface area contributed by atoms with Gasteiger partial charge in [0.05, 0.1) is 0 Å². The molecule has 0 radical (unpaired) electrons. The lowest BCUT2D eigenvalue weighted by atomic mass is 10.1. The number of amides is 2. The minimum atomic E-state index is -4.79. The molecule has 1 aliphatic heterocycles. The van der Waals surface area contributed by atoms with Crippen LogP contribution in [0.5, 0.6) is 5.75 Å². The Hall–Kier alpha value is -3.82. The number of hydrogen-bond donors (Lipinski definition) is 1. The second kappa shape index (κ2) is 9.98. The van der Waals surface area contributed by atoms with Crippen molar-refractivity contribution in [2.24, 2.45) is 0 Å². The van der Waals surface area contributed by atoms with Gasteiger partial charge in [0.2, 0.25) is 5.89 Å². The Morgan fingerprint density at radius 3 is 2.32 bits per heavy atom. The summed E-state index contributed by atoms with van der Waals surface area (Å²) < 4.78 is 46.0. The highest BCUT2D eigenvalue weighted by Gasteiger charge is 2.31. The molecule has 1 N–H and O–H groups in total. The van der Waals surface area contributed by atoms with Crippen molar-refractivity contribution in [1.82, 2.24) is 15.2 Å². The molecule has 1 saturated heterocycles. The fourth-order valence-corrected chi connectivity index (χ4v) is 3.62. The summed E-state index contributed by atoms with van der Waals surface area (Å²) in [6.07, 6.45) is -0.306. The summed E-state index contributed by atoms with van der Waals surface area (Å²) >= 11 is 0. The van der Waals surface area contributed by atoms with Crippen LogP contribution in [-0.2, 0) is 6.54 Å². The molecule has 1 aliphatic rings. The van der Waals surface area contributed by atoms with Crippen LogP contribution in [0.25, 0.3) is 11.5 Å². The summed E-state index contributed by atoms with van der Waals surface area (Å²) in [7, 11) is 0. The molecule has 3 aromatic rings. The first kappa shape index (κ1) is 23.3. The van der Waals surface area contributed by atoms with Crippen molar-refractivity contribution in [3.05, 3.63) is 71.6 Å². The Balaban J connectivity index is 1.32. The first-order valence-corrected chi connectivity index (χ1v) is 10.8. The van der Waals surface area contributed by atoms with Gasteiger partial charge < -0.3 is 19.4 Å². The number of piperidine rings is 1. The second-order valence-corrected chi connectivity index (χ2v) is 7.84. The van der Waals surface area contributed by atoms with Gasteiger partial charge in [-0.25, -0.2) is 4.98 Å². The maximum absolute atomic E-state index is 12.6. The fourth-order valence-electron chi connectivity index (χ4n) is 3.62. The number of likely N-dealkylation sites (tertiary alicyclic amines) is 1. The number of nitrogens with one attached hydrogen (secondary N) is 1. The summed E-state index contributed by atoms with van der Waals surface area (Å²) in [4.78, 5) is 30.9. The highest BCUT2D eigenvalue weighted by molar-refractivity contribution is 5.94. The third-order valence-electron chi connectivity index (χ3n) is 5.37. The van der Waals surface area contributed by atoms with Crippen molar-refractivity contribution in [1.29, 1.82) is 0 Å². The topological polar surface area (TPSA) is 84.7 Å². The Labute approximate surface area is 193 Å². The van der Waals surface area contributed by atoms with Crippen LogP contribution in [-0.4, -0.2) is 41.2 Å². The summed E-state index contributed by atoms with van der Waals surface area (Å²) in [6, 6.07) is 11.8. The molecule has 7 nitrogen and oxygen atoms in total. The van der Waals surface area contributed by atoms with Gasteiger partial charge >= 0.3 is 6.36 Å². The summed E-state index contributed by atoms with van der Waals surface area (Å²) in [6.45, 7) is 1.67. The molecule has 178 valence electrons. The van der Waals surface area contributed by atoms with Crippen LogP contribution < -0.4 is 10.1 Å². The van der Waals surface area contributed by atoms with Crippen LogP contribution in [0.15, 0.2) is 59.2 Å². The predicted molar refractivity (Wildman–Crippen MR) is 116 cm³/mol. The summed E-state index contributed by atoms with van der Waals surface area (Å²) in [5, 5.41) is 2.71. The van der Waals surface area contributed by atoms with Crippen molar-refractivity contribution < 1.29 is 31.9 Å². The SMILES string of the molecule is O=C(NCc1ccc(-c2nc(C(=O)N3CCCCC3)co2)cc1)c1ccc(OC(F)(F)F)cc1. The van der Waals surface area contributed by atoms with Gasteiger partial charge in [-0.1, -0.05) is 12.1 Å². The molecule has 0 aliphatic carbocycles. The number of benzene rings is 2. The van der Waals surface area contributed by atoms with E-state index in [0.717, 1.165) is 50.0 Å². The highest BCUT2D eigenvalue weighted by Crippen LogP contribution is 2.23. The molecule has 0 bridgehead atoms. The third-order valence-corrected chi connectivity index (χ3v) is 5.37. The molecular weight excluding hydrogens is 451 g/mol. The number of hydrogen-bond acceptors (Lipinski definition) is 5. The minimum absolute atomic E-state index is 0.132. The molecule has 0 unspecified atom stereocenters. The Morgan fingerprint density at radius 1 is 1.00 bits per heavy atom. The monoisotopic (exact) mass is 473 g/mol. The first-order valence-electron chi connectivity index (χ1n) is 10.8.